The van der Waals surface area contributed by atoms with Crippen molar-refractivity contribution in [1.82, 2.24) is 9.03 Å². The quantitative estimate of drug-likeness (QED) is 0.253. The highest BCUT2D eigenvalue weighted by atomic mass is 32.2. The molecule has 1 saturated carbocycles. The predicted molar refractivity (Wildman–Crippen MR) is 64.9 cm³/mol. The summed E-state index contributed by atoms with van der Waals surface area (Å²) < 4.78 is 27.7. The Morgan fingerprint density at radius 1 is 1.53 bits per heavy atom. The van der Waals surface area contributed by atoms with Crippen molar-refractivity contribution in [3.05, 3.63) is 0 Å². The first-order valence-corrected chi connectivity index (χ1v) is 7.15. The van der Waals surface area contributed by atoms with Crippen LogP contribution in [0.15, 0.2) is 5.16 Å². The first kappa shape index (κ1) is 14.2. The van der Waals surface area contributed by atoms with Crippen LogP contribution in [0.1, 0.15) is 26.7 Å². The Morgan fingerprint density at radius 3 is 2.41 bits per heavy atom. The van der Waals surface area contributed by atoms with Crippen molar-refractivity contribution in [3.8, 4) is 0 Å². The van der Waals surface area contributed by atoms with E-state index in [9.17, 15) is 8.42 Å². The van der Waals surface area contributed by atoms with Crippen LogP contribution in [-0.4, -0.2) is 42.9 Å². The van der Waals surface area contributed by atoms with Crippen molar-refractivity contribution in [2.24, 2.45) is 16.8 Å². The molecule has 0 aromatic rings. The lowest BCUT2D eigenvalue weighted by molar-refractivity contribution is 0.314. The van der Waals surface area contributed by atoms with Crippen LogP contribution >= 0.6 is 0 Å². The molecule has 1 aliphatic rings. The second-order valence-electron chi connectivity index (χ2n) is 4.05. The summed E-state index contributed by atoms with van der Waals surface area (Å²) in [5.41, 5.74) is 5.50. The van der Waals surface area contributed by atoms with E-state index in [-0.39, 0.29) is 11.8 Å². The third-order valence-electron chi connectivity index (χ3n) is 2.85. The van der Waals surface area contributed by atoms with Crippen LogP contribution in [0.3, 0.4) is 0 Å². The van der Waals surface area contributed by atoms with Crippen LogP contribution in [0.25, 0.3) is 0 Å². The molecule has 0 radical (unpaired) electrons. The van der Waals surface area contributed by atoms with Gasteiger partial charge < -0.3 is 10.9 Å². The van der Waals surface area contributed by atoms with Crippen LogP contribution in [0.5, 0.6) is 0 Å². The lowest BCUT2D eigenvalue weighted by Crippen LogP contribution is -2.51. The second kappa shape index (κ2) is 5.65. The SMILES string of the molecule is CCN(CC)S(=O)(=O)NC(C(N)=NO)C1CC1. The fourth-order valence-electron chi connectivity index (χ4n) is 1.69. The van der Waals surface area contributed by atoms with Crippen LogP contribution in [0, 0.1) is 5.92 Å². The molecule has 1 unspecified atom stereocenters. The lowest BCUT2D eigenvalue weighted by atomic mass is 10.2. The highest BCUT2D eigenvalue weighted by Crippen LogP contribution is 2.33. The zero-order chi connectivity index (χ0) is 13.1. The van der Waals surface area contributed by atoms with Gasteiger partial charge in [-0.15, -0.1) is 0 Å². The molecule has 0 saturated heterocycles. The Morgan fingerprint density at radius 2 is 2.06 bits per heavy atom. The molecule has 0 bridgehead atoms. The molecule has 0 amide bonds. The molecule has 0 spiro atoms. The first-order valence-electron chi connectivity index (χ1n) is 5.71. The largest absolute Gasteiger partial charge is 0.409 e. The highest BCUT2D eigenvalue weighted by Gasteiger charge is 2.37. The molecule has 4 N–H and O–H groups in total. The Labute approximate surface area is 102 Å². The topological polar surface area (TPSA) is 108 Å². The van der Waals surface area contributed by atoms with E-state index >= 15 is 0 Å². The monoisotopic (exact) mass is 264 g/mol. The number of hydrogen-bond donors (Lipinski definition) is 3. The summed E-state index contributed by atoms with van der Waals surface area (Å²) in [4.78, 5) is 0. The van der Waals surface area contributed by atoms with E-state index in [0.29, 0.717) is 13.1 Å². The third kappa shape index (κ3) is 3.55. The summed E-state index contributed by atoms with van der Waals surface area (Å²) in [5.74, 6) is 0.0551. The average Bonchev–Trinajstić information content (AvgIpc) is 3.10. The number of nitrogens with one attached hydrogen (secondary N) is 1. The average molecular weight is 264 g/mol. The molecule has 0 aromatic heterocycles. The summed E-state index contributed by atoms with van der Waals surface area (Å²) in [6.45, 7) is 4.30. The van der Waals surface area contributed by atoms with Crippen molar-refractivity contribution in [3.63, 3.8) is 0 Å². The van der Waals surface area contributed by atoms with Gasteiger partial charge in [0.15, 0.2) is 5.84 Å². The predicted octanol–water partition coefficient (Wildman–Crippen LogP) is -0.312. The zero-order valence-electron chi connectivity index (χ0n) is 10.1. The minimum absolute atomic E-state index is 0.0803. The van der Waals surface area contributed by atoms with Gasteiger partial charge in [-0.1, -0.05) is 19.0 Å². The van der Waals surface area contributed by atoms with Gasteiger partial charge >= 0.3 is 0 Å². The maximum Gasteiger partial charge on any atom is 0.280 e. The standard InChI is InChI=1S/C9H20N4O3S/c1-3-13(4-2)17(15,16)12-8(7-5-6-7)9(10)11-14/h7-8,12,14H,3-6H2,1-2H3,(H2,10,11). The zero-order valence-corrected chi connectivity index (χ0v) is 10.9. The molecule has 1 fully saturated rings. The summed E-state index contributed by atoms with van der Waals surface area (Å²) in [6, 6.07) is -0.606. The molecule has 0 aliphatic heterocycles. The molecular weight excluding hydrogens is 244 g/mol. The Balaban J connectivity index is 2.79. The maximum atomic E-state index is 12.0. The molecule has 1 aliphatic carbocycles. The van der Waals surface area contributed by atoms with E-state index < -0.39 is 16.3 Å². The fraction of sp³-hybridized carbons (Fsp3) is 0.889. The van der Waals surface area contributed by atoms with Gasteiger partial charge in [0.1, 0.15) is 0 Å². The Kier molecular flexibility index (Phi) is 4.72. The van der Waals surface area contributed by atoms with Crippen molar-refractivity contribution in [1.29, 1.82) is 0 Å². The van der Waals surface area contributed by atoms with E-state index in [1.807, 2.05) is 0 Å². The molecule has 17 heavy (non-hydrogen) atoms. The van der Waals surface area contributed by atoms with Gasteiger partial charge in [0.25, 0.3) is 10.2 Å². The van der Waals surface area contributed by atoms with E-state index in [1.165, 1.54) is 4.31 Å². The normalized spacial score (nSPS) is 19.6. The smallest absolute Gasteiger partial charge is 0.280 e. The number of amidine groups is 1. The van der Waals surface area contributed by atoms with Crippen LogP contribution in [0.4, 0.5) is 0 Å². The second-order valence-corrected chi connectivity index (χ2v) is 5.75. The van der Waals surface area contributed by atoms with E-state index in [2.05, 4.69) is 9.88 Å². The summed E-state index contributed by atoms with van der Waals surface area (Å²) in [7, 11) is -3.57. The Hall–Kier alpha value is -0.860. The Bertz CT molecular complexity index is 374. The number of oxime groups is 1. The van der Waals surface area contributed by atoms with Crippen LogP contribution < -0.4 is 10.5 Å². The van der Waals surface area contributed by atoms with Crippen molar-refractivity contribution in [2.45, 2.75) is 32.7 Å². The van der Waals surface area contributed by atoms with Crippen molar-refractivity contribution in [2.75, 3.05) is 13.1 Å². The third-order valence-corrected chi connectivity index (χ3v) is 4.60. The molecule has 1 atom stereocenters. The van der Waals surface area contributed by atoms with Crippen LogP contribution in [0.2, 0.25) is 0 Å². The van der Waals surface area contributed by atoms with Gasteiger partial charge in [0.05, 0.1) is 6.04 Å². The first-order chi connectivity index (χ1) is 7.96. The van der Waals surface area contributed by atoms with Gasteiger partial charge in [0.2, 0.25) is 0 Å². The van der Waals surface area contributed by atoms with Gasteiger partial charge in [-0.2, -0.15) is 17.4 Å². The van der Waals surface area contributed by atoms with Gasteiger partial charge in [-0.25, -0.2) is 0 Å². The van der Waals surface area contributed by atoms with Gasteiger partial charge in [0, 0.05) is 13.1 Å². The molecular formula is C9H20N4O3S. The van der Waals surface area contributed by atoms with Crippen molar-refractivity contribution >= 4 is 16.0 Å². The number of hydrogen-bond acceptors (Lipinski definition) is 4. The minimum atomic E-state index is -3.57. The van der Waals surface area contributed by atoms with Crippen LogP contribution in [-0.2, 0) is 10.2 Å². The minimum Gasteiger partial charge on any atom is -0.409 e. The molecule has 7 nitrogen and oxygen atoms in total. The molecule has 0 aromatic carbocycles. The molecule has 100 valence electrons. The number of nitrogens with two attached hydrogens (primary N) is 1. The fourth-order valence-corrected chi connectivity index (χ4v) is 3.15. The van der Waals surface area contributed by atoms with E-state index in [4.69, 9.17) is 10.9 Å². The maximum absolute atomic E-state index is 12.0. The summed E-state index contributed by atoms with van der Waals surface area (Å²) >= 11 is 0. The molecule has 0 heterocycles. The van der Waals surface area contributed by atoms with Crippen molar-refractivity contribution < 1.29 is 13.6 Å². The molecule has 1 rings (SSSR count). The van der Waals surface area contributed by atoms with Gasteiger partial charge in [-0.05, 0) is 18.8 Å². The van der Waals surface area contributed by atoms with E-state index in [1.54, 1.807) is 13.8 Å². The number of nitrogens with zero attached hydrogens (tertiary/aromatic N) is 2. The highest BCUT2D eigenvalue weighted by molar-refractivity contribution is 7.87. The van der Waals surface area contributed by atoms with Gasteiger partial charge in [-0.3, -0.25) is 0 Å². The summed E-state index contributed by atoms with van der Waals surface area (Å²) in [6.07, 6.45) is 1.78. The molecule has 8 heteroatoms. The summed E-state index contributed by atoms with van der Waals surface area (Å²) in [5, 5.41) is 11.5. The van der Waals surface area contributed by atoms with E-state index in [0.717, 1.165) is 12.8 Å². The lowest BCUT2D eigenvalue weighted by Gasteiger charge is -2.23. The number of rotatable bonds is 7.